The first-order chi connectivity index (χ1) is 21.0. The minimum atomic E-state index is -0.926. The van der Waals surface area contributed by atoms with Gasteiger partial charge in [0, 0.05) is 32.6 Å². The lowest BCUT2D eigenvalue weighted by molar-refractivity contribution is -0.156. The first-order valence-corrected chi connectivity index (χ1v) is 15.7. The minimum Gasteiger partial charge on any atom is -0.390 e. The van der Waals surface area contributed by atoms with Gasteiger partial charge in [0.1, 0.15) is 12.2 Å². The Morgan fingerprint density at radius 3 is 2.14 bits per heavy atom. The second-order valence-electron chi connectivity index (χ2n) is 10.3. The number of aliphatic hydroxyl groups excluding tert-OH is 2. The molecule has 1 rings (SSSR count). The number of carbonyl (C=O) groups excluding carboxylic acids is 2. The number of carbonyl (C=O) groups is 2. The molecule has 2 amide bonds. The van der Waals surface area contributed by atoms with Gasteiger partial charge < -0.3 is 59.7 Å². The summed E-state index contributed by atoms with van der Waals surface area (Å²) in [6.07, 6.45) is 2.41. The van der Waals surface area contributed by atoms with Crippen LogP contribution < -0.4 is 16.4 Å². The number of nitrogens with two attached hydrogens (primary N) is 1. The molecule has 4 unspecified atom stereocenters. The van der Waals surface area contributed by atoms with E-state index >= 15 is 0 Å². The third-order valence-corrected chi connectivity index (χ3v) is 6.42. The van der Waals surface area contributed by atoms with Crippen molar-refractivity contribution in [3.63, 3.8) is 0 Å². The summed E-state index contributed by atoms with van der Waals surface area (Å²) in [6.45, 7) is 7.91. The van der Waals surface area contributed by atoms with Gasteiger partial charge in [0.05, 0.1) is 84.8 Å². The predicted octanol–water partition coefficient (Wildman–Crippen LogP) is -0.483. The number of aliphatic hydroxyl groups is 2. The zero-order valence-electron chi connectivity index (χ0n) is 26.0. The standard InChI is InChI=1S/C29H57N3O11/c1-2-11-40-21-24(32-28(35)6-4-3-5-9-30)22-41-12-8-27(34)31-10-14-37-15-16-38-17-18-39-19-20-42-23-26-29(36)25(33)7-13-43-26/h24-26,29,33,36H,2-23,30H2,1H3,(H,31,34)(H,32,35). The van der Waals surface area contributed by atoms with Gasteiger partial charge in [-0.15, -0.1) is 0 Å². The molecule has 1 aliphatic rings. The molecule has 0 spiro atoms. The number of hydrogen-bond donors (Lipinski definition) is 5. The molecule has 14 nitrogen and oxygen atoms in total. The Morgan fingerprint density at radius 2 is 1.47 bits per heavy atom. The summed E-state index contributed by atoms with van der Waals surface area (Å²) >= 11 is 0. The summed E-state index contributed by atoms with van der Waals surface area (Å²) in [4.78, 5) is 24.2. The highest BCUT2D eigenvalue weighted by Gasteiger charge is 2.31. The summed E-state index contributed by atoms with van der Waals surface area (Å²) in [5, 5.41) is 25.2. The molecule has 1 saturated heterocycles. The molecule has 1 heterocycles. The highest BCUT2D eigenvalue weighted by atomic mass is 16.6. The molecule has 0 aromatic rings. The molecule has 6 N–H and O–H groups in total. The molecule has 14 heteroatoms. The van der Waals surface area contributed by atoms with E-state index < -0.39 is 18.3 Å². The molecule has 0 aliphatic carbocycles. The topological polar surface area (TPSA) is 189 Å². The molecule has 0 aromatic carbocycles. The van der Waals surface area contributed by atoms with E-state index in [2.05, 4.69) is 10.6 Å². The molecule has 254 valence electrons. The van der Waals surface area contributed by atoms with Crippen molar-refractivity contribution in [1.82, 2.24) is 10.6 Å². The van der Waals surface area contributed by atoms with Crippen molar-refractivity contribution < 1.29 is 53.0 Å². The third-order valence-electron chi connectivity index (χ3n) is 6.42. The molecule has 0 bridgehead atoms. The van der Waals surface area contributed by atoms with Crippen LogP contribution >= 0.6 is 0 Å². The number of hydrogen-bond acceptors (Lipinski definition) is 12. The smallest absolute Gasteiger partial charge is 0.222 e. The van der Waals surface area contributed by atoms with Gasteiger partial charge in [0.25, 0.3) is 0 Å². The van der Waals surface area contributed by atoms with Crippen LogP contribution in [-0.4, -0.2) is 145 Å². The molecular weight excluding hydrogens is 566 g/mol. The highest BCUT2D eigenvalue weighted by Crippen LogP contribution is 2.14. The first-order valence-electron chi connectivity index (χ1n) is 15.7. The Bertz CT molecular complexity index is 678. The lowest BCUT2D eigenvalue weighted by Gasteiger charge is -2.31. The van der Waals surface area contributed by atoms with Crippen LogP contribution in [0.5, 0.6) is 0 Å². The summed E-state index contributed by atoms with van der Waals surface area (Å²) in [6, 6.07) is -0.258. The molecular formula is C29H57N3O11. The van der Waals surface area contributed by atoms with Crippen LogP contribution in [0.4, 0.5) is 0 Å². The molecule has 1 aliphatic heterocycles. The van der Waals surface area contributed by atoms with Gasteiger partial charge in [-0.3, -0.25) is 9.59 Å². The quantitative estimate of drug-likeness (QED) is 0.0674. The van der Waals surface area contributed by atoms with Crippen LogP contribution in [0.3, 0.4) is 0 Å². The van der Waals surface area contributed by atoms with Crippen LogP contribution in [0.15, 0.2) is 0 Å². The van der Waals surface area contributed by atoms with Crippen LogP contribution in [0.1, 0.15) is 51.9 Å². The Labute approximate surface area is 256 Å². The summed E-state index contributed by atoms with van der Waals surface area (Å²) < 4.78 is 38.4. The maximum absolute atomic E-state index is 12.2. The molecule has 4 atom stereocenters. The van der Waals surface area contributed by atoms with Gasteiger partial charge in [0.2, 0.25) is 11.8 Å². The first kappa shape index (κ1) is 39.6. The predicted molar refractivity (Wildman–Crippen MR) is 159 cm³/mol. The Kier molecular flexibility index (Phi) is 25.8. The number of rotatable bonds is 29. The van der Waals surface area contributed by atoms with Gasteiger partial charge in [-0.1, -0.05) is 13.3 Å². The number of nitrogens with one attached hydrogen (secondary N) is 2. The zero-order valence-corrected chi connectivity index (χ0v) is 26.0. The van der Waals surface area contributed by atoms with E-state index in [-0.39, 0.29) is 44.1 Å². The van der Waals surface area contributed by atoms with Crippen molar-refractivity contribution >= 4 is 11.8 Å². The molecule has 0 aromatic heterocycles. The van der Waals surface area contributed by atoms with Crippen molar-refractivity contribution in [3.05, 3.63) is 0 Å². The summed E-state index contributed by atoms with van der Waals surface area (Å²) in [5.74, 6) is -0.168. The fourth-order valence-corrected chi connectivity index (χ4v) is 4.01. The number of ether oxygens (including phenoxy) is 7. The van der Waals surface area contributed by atoms with Gasteiger partial charge in [-0.25, -0.2) is 0 Å². The highest BCUT2D eigenvalue weighted by molar-refractivity contribution is 5.76. The average molecular weight is 624 g/mol. The second kappa shape index (κ2) is 28.0. The fraction of sp³-hybridized carbons (Fsp3) is 0.931. The van der Waals surface area contributed by atoms with E-state index in [1.807, 2.05) is 6.92 Å². The maximum Gasteiger partial charge on any atom is 0.222 e. The Balaban J connectivity index is 1.93. The van der Waals surface area contributed by atoms with Crippen molar-refractivity contribution in [2.75, 3.05) is 99.0 Å². The SMILES string of the molecule is CCCOCC(COCCC(=O)NCCOCCOCCOCCOCC1OCCC(O)C1O)NC(=O)CCCCCN. The zero-order chi connectivity index (χ0) is 31.4. The van der Waals surface area contributed by atoms with Crippen LogP contribution in [0.25, 0.3) is 0 Å². The van der Waals surface area contributed by atoms with E-state index in [1.165, 1.54) is 0 Å². The minimum absolute atomic E-state index is 0.0324. The lowest BCUT2D eigenvalue weighted by Crippen LogP contribution is -2.46. The van der Waals surface area contributed by atoms with Crippen molar-refractivity contribution in [2.24, 2.45) is 5.73 Å². The van der Waals surface area contributed by atoms with Crippen LogP contribution in [-0.2, 0) is 42.7 Å². The largest absolute Gasteiger partial charge is 0.390 e. The maximum atomic E-state index is 12.2. The van der Waals surface area contributed by atoms with Gasteiger partial charge >= 0.3 is 0 Å². The lowest BCUT2D eigenvalue weighted by atomic mass is 10.0. The molecule has 0 saturated carbocycles. The summed E-state index contributed by atoms with van der Waals surface area (Å²) in [7, 11) is 0. The fourth-order valence-electron chi connectivity index (χ4n) is 4.01. The van der Waals surface area contributed by atoms with E-state index in [0.29, 0.717) is 92.0 Å². The third kappa shape index (κ3) is 22.7. The molecule has 0 radical (unpaired) electrons. The second-order valence-corrected chi connectivity index (χ2v) is 10.3. The average Bonchev–Trinajstić information content (AvgIpc) is 2.99. The van der Waals surface area contributed by atoms with E-state index in [4.69, 9.17) is 38.9 Å². The van der Waals surface area contributed by atoms with E-state index in [1.54, 1.807) is 0 Å². The Morgan fingerprint density at radius 1 is 0.814 bits per heavy atom. The van der Waals surface area contributed by atoms with Gasteiger partial charge in [-0.05, 0) is 32.2 Å². The number of amides is 2. The molecule has 43 heavy (non-hydrogen) atoms. The number of unbranched alkanes of at least 4 members (excludes halogenated alkanes) is 2. The van der Waals surface area contributed by atoms with Crippen molar-refractivity contribution in [3.8, 4) is 0 Å². The van der Waals surface area contributed by atoms with Gasteiger partial charge in [0.15, 0.2) is 0 Å². The van der Waals surface area contributed by atoms with E-state index in [9.17, 15) is 19.8 Å². The van der Waals surface area contributed by atoms with Crippen molar-refractivity contribution in [1.29, 1.82) is 0 Å². The van der Waals surface area contributed by atoms with Crippen LogP contribution in [0, 0.1) is 0 Å². The van der Waals surface area contributed by atoms with E-state index in [0.717, 1.165) is 25.7 Å². The van der Waals surface area contributed by atoms with Crippen LogP contribution in [0.2, 0.25) is 0 Å². The normalized spacial score (nSPS) is 19.3. The monoisotopic (exact) mass is 623 g/mol. The van der Waals surface area contributed by atoms with Crippen molar-refractivity contribution in [2.45, 2.75) is 76.2 Å². The molecule has 1 fully saturated rings. The van der Waals surface area contributed by atoms with Gasteiger partial charge in [-0.2, -0.15) is 0 Å². The summed E-state index contributed by atoms with van der Waals surface area (Å²) in [5.41, 5.74) is 5.49. The Hall–Kier alpha value is -1.46.